The summed E-state index contributed by atoms with van der Waals surface area (Å²) in [5, 5.41) is 4.67. The van der Waals surface area contributed by atoms with Gasteiger partial charge in [-0.2, -0.15) is 0 Å². The smallest absolute Gasteiger partial charge is 0.230 e. The summed E-state index contributed by atoms with van der Waals surface area (Å²) in [4.78, 5) is 15.9. The fourth-order valence-electron chi connectivity index (χ4n) is 1.50. The van der Waals surface area contributed by atoms with Gasteiger partial charge in [-0.1, -0.05) is 53.2 Å². The molecule has 1 N–H and O–H groups in total. The second-order valence-electron chi connectivity index (χ2n) is 3.95. The lowest BCUT2D eigenvalue weighted by Crippen LogP contribution is -2.24. The van der Waals surface area contributed by atoms with Gasteiger partial charge in [0.05, 0.1) is 10.8 Å². The van der Waals surface area contributed by atoms with E-state index in [0.29, 0.717) is 21.6 Å². The van der Waals surface area contributed by atoms with Crippen molar-refractivity contribution in [2.24, 2.45) is 0 Å². The Balaban J connectivity index is 1.82. The Labute approximate surface area is 131 Å². The monoisotopic (exact) mass is 326 g/mol. The largest absolute Gasteiger partial charge is 0.351 e. The third-order valence-electron chi connectivity index (χ3n) is 2.50. The summed E-state index contributed by atoms with van der Waals surface area (Å²) in [7, 11) is 0. The molecule has 0 aliphatic rings. The lowest BCUT2D eigenvalue weighted by atomic mass is 10.2. The standard InChI is InChI=1S/C14H12Cl2N2OS/c15-11-5-2-1-4-10(11)8-18-13(19)9-20-14-12(16)6-3-7-17-14/h1-7H,8-9H2,(H,18,19). The number of carbonyl (C=O) groups excluding carboxylic acids is 1. The highest BCUT2D eigenvalue weighted by atomic mass is 35.5. The first-order chi connectivity index (χ1) is 9.66. The third-order valence-corrected chi connectivity index (χ3v) is 4.29. The first-order valence-corrected chi connectivity index (χ1v) is 7.64. The summed E-state index contributed by atoms with van der Waals surface area (Å²) >= 11 is 13.3. The van der Waals surface area contributed by atoms with Crippen molar-refractivity contribution >= 4 is 40.9 Å². The molecule has 0 radical (unpaired) electrons. The number of pyridine rings is 1. The molecule has 0 saturated carbocycles. The minimum Gasteiger partial charge on any atom is -0.351 e. The lowest BCUT2D eigenvalue weighted by molar-refractivity contribution is -0.118. The van der Waals surface area contributed by atoms with E-state index in [1.165, 1.54) is 11.8 Å². The molecule has 1 aromatic heterocycles. The molecule has 0 aliphatic carbocycles. The van der Waals surface area contributed by atoms with Crippen LogP contribution < -0.4 is 5.32 Å². The minimum absolute atomic E-state index is 0.0864. The maximum absolute atomic E-state index is 11.8. The molecule has 1 heterocycles. The van der Waals surface area contributed by atoms with Crippen molar-refractivity contribution in [3.63, 3.8) is 0 Å². The number of thioether (sulfide) groups is 1. The van der Waals surface area contributed by atoms with Crippen molar-refractivity contribution in [2.45, 2.75) is 11.6 Å². The van der Waals surface area contributed by atoms with E-state index >= 15 is 0 Å². The number of rotatable bonds is 5. The highest BCUT2D eigenvalue weighted by Crippen LogP contribution is 2.23. The van der Waals surface area contributed by atoms with Crippen molar-refractivity contribution in [1.29, 1.82) is 0 Å². The van der Waals surface area contributed by atoms with Crippen molar-refractivity contribution in [1.82, 2.24) is 10.3 Å². The zero-order chi connectivity index (χ0) is 14.4. The molecular weight excluding hydrogens is 315 g/mol. The van der Waals surface area contributed by atoms with Crippen molar-refractivity contribution < 1.29 is 4.79 Å². The van der Waals surface area contributed by atoms with Crippen molar-refractivity contribution in [3.8, 4) is 0 Å². The SMILES string of the molecule is O=C(CSc1ncccc1Cl)NCc1ccccc1Cl. The van der Waals surface area contributed by atoms with E-state index in [2.05, 4.69) is 10.3 Å². The second-order valence-corrected chi connectivity index (χ2v) is 5.73. The first kappa shape index (κ1) is 15.2. The van der Waals surface area contributed by atoms with Crippen LogP contribution in [0.5, 0.6) is 0 Å². The number of hydrogen-bond donors (Lipinski definition) is 1. The number of benzene rings is 1. The summed E-state index contributed by atoms with van der Waals surface area (Å²) in [6.07, 6.45) is 1.65. The number of carbonyl (C=O) groups is 1. The number of aromatic nitrogens is 1. The summed E-state index contributed by atoms with van der Waals surface area (Å²) in [6.45, 7) is 0.412. The molecule has 1 amide bonds. The molecule has 20 heavy (non-hydrogen) atoms. The summed E-state index contributed by atoms with van der Waals surface area (Å²) in [5.41, 5.74) is 0.892. The number of nitrogens with zero attached hydrogens (tertiary/aromatic N) is 1. The van der Waals surface area contributed by atoms with Crippen LogP contribution in [0.1, 0.15) is 5.56 Å². The fraction of sp³-hybridized carbons (Fsp3) is 0.143. The molecule has 104 valence electrons. The van der Waals surface area contributed by atoms with Gasteiger partial charge in [-0.15, -0.1) is 0 Å². The molecule has 2 rings (SSSR count). The van der Waals surface area contributed by atoms with E-state index in [9.17, 15) is 4.79 Å². The highest BCUT2D eigenvalue weighted by molar-refractivity contribution is 8.00. The summed E-state index contributed by atoms with van der Waals surface area (Å²) in [5.74, 6) is 0.179. The predicted octanol–water partition coefficient (Wildman–Crippen LogP) is 3.80. The molecule has 0 atom stereocenters. The molecule has 0 unspecified atom stereocenters. The van der Waals surface area contributed by atoms with Gasteiger partial charge in [-0.3, -0.25) is 4.79 Å². The maximum Gasteiger partial charge on any atom is 0.230 e. The minimum atomic E-state index is -0.0864. The van der Waals surface area contributed by atoms with E-state index in [1.54, 1.807) is 24.4 Å². The van der Waals surface area contributed by atoms with E-state index in [1.807, 2.05) is 18.2 Å². The molecule has 0 fully saturated rings. The van der Waals surface area contributed by atoms with E-state index < -0.39 is 0 Å². The molecule has 2 aromatic rings. The fourth-order valence-corrected chi connectivity index (χ4v) is 2.70. The molecule has 3 nitrogen and oxygen atoms in total. The van der Waals surface area contributed by atoms with Gasteiger partial charge in [0.1, 0.15) is 5.03 Å². The average molecular weight is 327 g/mol. The number of hydrogen-bond acceptors (Lipinski definition) is 3. The van der Waals surface area contributed by atoms with Crippen molar-refractivity contribution in [3.05, 3.63) is 58.2 Å². The van der Waals surface area contributed by atoms with Crippen LogP contribution in [0.3, 0.4) is 0 Å². The molecule has 0 spiro atoms. The summed E-state index contributed by atoms with van der Waals surface area (Å²) in [6, 6.07) is 10.9. The normalized spacial score (nSPS) is 10.3. The molecule has 0 saturated heterocycles. The quantitative estimate of drug-likeness (QED) is 0.850. The van der Waals surface area contributed by atoms with Gasteiger partial charge in [0.15, 0.2) is 0 Å². The molecular formula is C14H12Cl2N2OS. The Hall–Kier alpha value is -1.23. The molecule has 6 heteroatoms. The predicted molar refractivity (Wildman–Crippen MR) is 83.3 cm³/mol. The van der Waals surface area contributed by atoms with Gasteiger partial charge in [0.25, 0.3) is 0 Å². The van der Waals surface area contributed by atoms with Gasteiger partial charge in [0, 0.05) is 17.8 Å². The van der Waals surface area contributed by atoms with Crippen LogP contribution in [0.15, 0.2) is 47.6 Å². The number of nitrogens with one attached hydrogen (secondary N) is 1. The van der Waals surface area contributed by atoms with Crippen LogP contribution in [-0.4, -0.2) is 16.6 Å². The van der Waals surface area contributed by atoms with Crippen LogP contribution in [0.25, 0.3) is 0 Å². The highest BCUT2D eigenvalue weighted by Gasteiger charge is 2.07. The van der Waals surface area contributed by atoms with Crippen molar-refractivity contribution in [2.75, 3.05) is 5.75 Å². The zero-order valence-corrected chi connectivity index (χ0v) is 12.8. The van der Waals surface area contributed by atoms with Crippen LogP contribution in [0.2, 0.25) is 10.0 Å². The Morgan fingerprint density at radius 2 is 1.90 bits per heavy atom. The van der Waals surface area contributed by atoms with E-state index in [0.717, 1.165) is 5.56 Å². The lowest BCUT2D eigenvalue weighted by Gasteiger charge is -2.07. The van der Waals surface area contributed by atoms with E-state index in [-0.39, 0.29) is 11.7 Å². The Bertz CT molecular complexity index is 556. The van der Waals surface area contributed by atoms with E-state index in [4.69, 9.17) is 23.2 Å². The number of amides is 1. The zero-order valence-electron chi connectivity index (χ0n) is 10.5. The van der Waals surface area contributed by atoms with Crippen LogP contribution in [0, 0.1) is 0 Å². The molecule has 0 bridgehead atoms. The topological polar surface area (TPSA) is 42.0 Å². The summed E-state index contributed by atoms with van der Waals surface area (Å²) < 4.78 is 0. The Morgan fingerprint density at radius 1 is 1.15 bits per heavy atom. The Morgan fingerprint density at radius 3 is 2.65 bits per heavy atom. The van der Waals surface area contributed by atoms with Crippen LogP contribution in [-0.2, 0) is 11.3 Å². The third kappa shape index (κ3) is 4.40. The second kappa shape index (κ2) is 7.53. The van der Waals surface area contributed by atoms with Gasteiger partial charge < -0.3 is 5.32 Å². The van der Waals surface area contributed by atoms with Crippen LogP contribution >= 0.6 is 35.0 Å². The Kier molecular flexibility index (Phi) is 5.71. The first-order valence-electron chi connectivity index (χ1n) is 5.90. The molecule has 0 aliphatic heterocycles. The van der Waals surface area contributed by atoms with Crippen LogP contribution in [0.4, 0.5) is 0 Å². The van der Waals surface area contributed by atoms with Gasteiger partial charge >= 0.3 is 0 Å². The molecule has 1 aromatic carbocycles. The average Bonchev–Trinajstić information content (AvgIpc) is 2.45. The number of halogens is 2. The van der Waals surface area contributed by atoms with Gasteiger partial charge in [-0.05, 0) is 23.8 Å². The van der Waals surface area contributed by atoms with Gasteiger partial charge in [0.2, 0.25) is 5.91 Å². The van der Waals surface area contributed by atoms with Gasteiger partial charge in [-0.25, -0.2) is 4.98 Å². The maximum atomic E-state index is 11.8.